The molecular formula is C91H108N10O23. The van der Waals surface area contributed by atoms with Gasteiger partial charge in [-0.3, -0.25) is 19.2 Å². The molecule has 0 spiro atoms. The minimum Gasteiger partial charge on any atom is -0.463 e. The standard InChI is InChI=1S/C91H108N10O23/c1-57(102)107-53-66-74(78(110-48-60-36-22-13-23-37-60)70(96-99-92)81(118-66)113-51-63-42-28-16-29-43-63)123-83-72(98-101-94)80(112-50-62-40-26-15-27-41-62)76(68(121-83)56-116-87(105)91(8,9)10)124-84-71(97-100-93)79(111-49-61-38-24-14-25-39-61)75(67(120-84)55-115-86(104)90(5,6)7)122-82-69(95-88(106)117-52-64-44-30-17-31-45-64)77(109-47-59-34-20-12-21-35-59)73(108-46-58-32-18-11-19-33-58)65(119-82)54-114-85(103)89(2,3)4/h11-45,65-84H,46-56H2,1-10H3,(H,95,106)/t65-,66-,67-,68-,69-,70-,71-,72-,73-,74-,75-,76-,77-,78-,79-,80-,81-,82+,83+,84+/m1/s1. The Morgan fingerprint density at radius 2 is 0.565 bits per heavy atom. The summed E-state index contributed by atoms with van der Waals surface area (Å²) in [7, 11) is 0. The molecule has 4 aliphatic rings. The van der Waals surface area contributed by atoms with Crippen molar-refractivity contribution in [2.24, 2.45) is 31.6 Å². The van der Waals surface area contributed by atoms with Gasteiger partial charge >= 0.3 is 30.0 Å². The van der Waals surface area contributed by atoms with Crippen molar-refractivity contribution >= 4 is 30.0 Å². The molecule has 33 heteroatoms. The lowest BCUT2D eigenvalue weighted by molar-refractivity contribution is -0.367. The smallest absolute Gasteiger partial charge is 0.407 e. The number of azide groups is 3. The zero-order valence-corrected chi connectivity index (χ0v) is 70.9. The van der Waals surface area contributed by atoms with Gasteiger partial charge in [0.2, 0.25) is 0 Å². The molecule has 7 aromatic carbocycles. The van der Waals surface area contributed by atoms with Crippen LogP contribution in [-0.2, 0) is 151 Å². The van der Waals surface area contributed by atoms with Gasteiger partial charge in [0.1, 0.15) is 130 Å². The summed E-state index contributed by atoms with van der Waals surface area (Å²) in [5.74, 6) is -2.78. The summed E-state index contributed by atoms with van der Waals surface area (Å²) >= 11 is 0. The molecule has 0 radical (unpaired) electrons. The summed E-state index contributed by atoms with van der Waals surface area (Å²) in [4.78, 5) is 80.8. The van der Waals surface area contributed by atoms with E-state index in [0.717, 1.165) is 11.1 Å². The van der Waals surface area contributed by atoms with E-state index in [1.807, 2.05) is 115 Å². The lowest BCUT2D eigenvalue weighted by atomic mass is 9.93. The van der Waals surface area contributed by atoms with E-state index >= 15 is 0 Å². The molecule has 7 aromatic rings. The van der Waals surface area contributed by atoms with Crippen molar-refractivity contribution < 1.29 is 109 Å². The van der Waals surface area contributed by atoms with Crippen LogP contribution < -0.4 is 5.32 Å². The van der Waals surface area contributed by atoms with Gasteiger partial charge in [0, 0.05) is 21.7 Å². The van der Waals surface area contributed by atoms with Crippen molar-refractivity contribution in [2.45, 2.75) is 238 Å². The molecule has 0 aliphatic carbocycles. The number of hydrogen-bond acceptors (Lipinski definition) is 26. The fourth-order valence-electron chi connectivity index (χ4n) is 14.0. The van der Waals surface area contributed by atoms with Crippen LogP contribution in [0.2, 0.25) is 0 Å². The molecule has 124 heavy (non-hydrogen) atoms. The summed E-state index contributed by atoms with van der Waals surface area (Å²) in [5.41, 5.74) is 33.9. The van der Waals surface area contributed by atoms with Crippen LogP contribution in [0.1, 0.15) is 108 Å². The summed E-state index contributed by atoms with van der Waals surface area (Å²) in [5, 5.41) is 16.0. The quantitative estimate of drug-likeness (QED) is 0.0123. The van der Waals surface area contributed by atoms with Crippen LogP contribution in [0, 0.1) is 16.2 Å². The summed E-state index contributed by atoms with van der Waals surface area (Å²) in [6, 6.07) is 57.0. The first-order chi connectivity index (χ1) is 59.7. The van der Waals surface area contributed by atoms with Crippen molar-refractivity contribution in [1.82, 2.24) is 5.32 Å². The van der Waals surface area contributed by atoms with Gasteiger partial charge in [-0.25, -0.2) is 4.79 Å². The van der Waals surface area contributed by atoms with Crippen molar-refractivity contribution in [1.29, 1.82) is 0 Å². The van der Waals surface area contributed by atoms with Gasteiger partial charge in [-0.1, -0.05) is 228 Å². The molecule has 33 nitrogen and oxygen atoms in total. The summed E-state index contributed by atoms with van der Waals surface area (Å²) in [6.45, 7) is 12.6. The molecule has 20 atom stereocenters. The molecule has 4 fully saturated rings. The van der Waals surface area contributed by atoms with Crippen molar-refractivity contribution in [2.75, 3.05) is 26.4 Å². The van der Waals surface area contributed by atoms with E-state index in [1.54, 1.807) is 159 Å². The molecule has 4 saturated heterocycles. The van der Waals surface area contributed by atoms with Gasteiger partial charge in [-0.2, -0.15) is 0 Å². The van der Waals surface area contributed by atoms with Crippen LogP contribution in [0.25, 0.3) is 31.3 Å². The Bertz CT molecular complexity index is 4660. The normalized spacial score (nSPS) is 26.3. The number of nitrogens with zero attached hydrogens (tertiary/aromatic N) is 9. The van der Waals surface area contributed by atoms with Gasteiger partial charge in [0.15, 0.2) is 25.2 Å². The Labute approximate surface area is 719 Å². The first-order valence-electron chi connectivity index (χ1n) is 41.0. The Hall–Kier alpha value is -10.9. The van der Waals surface area contributed by atoms with E-state index in [2.05, 4.69) is 35.4 Å². The Balaban J connectivity index is 1.06. The maximum atomic E-state index is 14.9. The molecular weight excluding hydrogens is 1600 g/mol. The highest BCUT2D eigenvalue weighted by atomic mass is 16.8. The fourth-order valence-corrected chi connectivity index (χ4v) is 14.0. The van der Waals surface area contributed by atoms with Gasteiger partial charge in [0.25, 0.3) is 0 Å². The third kappa shape index (κ3) is 27.1. The van der Waals surface area contributed by atoms with Crippen LogP contribution in [0.4, 0.5) is 4.79 Å². The van der Waals surface area contributed by atoms with E-state index in [0.29, 0.717) is 27.8 Å². The van der Waals surface area contributed by atoms with Crippen LogP contribution in [-0.4, -0.2) is 179 Å². The lowest BCUT2D eigenvalue weighted by Gasteiger charge is -2.51. The SMILES string of the molecule is CC(=O)OC[C@H]1O[C@@H](OCc2ccccc2)[C@H](N=[N+]=[N-])[C@@H](OCc2ccccc2)[C@@H]1O[C@@H]1O[C@H](COC(=O)C(C)(C)C)[C@@H](O[C@@H]2O[C@H](COC(=O)C(C)(C)C)[C@@H](O[C@@H]3O[C@H](COC(=O)C(C)(C)C)[C@@H](OCc4ccccc4)[C@H](OCc4ccccc4)[C@H]3NC(=O)OCc3ccccc3)[C@H](OCc3ccccc3)[C@H]2N=[N+]=[N-])[C@H](OCc2ccccc2)[C@H]1N=[N+]=[N-]. The van der Waals surface area contributed by atoms with Crippen molar-refractivity contribution in [3.05, 3.63) is 283 Å². The minimum absolute atomic E-state index is 0.0478. The number of carbonyl (C=O) groups excluding carboxylic acids is 5. The number of nitrogens with one attached hydrogen (secondary N) is 1. The number of esters is 4. The highest BCUT2D eigenvalue weighted by molar-refractivity contribution is 5.76. The predicted octanol–water partition coefficient (Wildman–Crippen LogP) is 14.8. The number of amides is 1. The van der Waals surface area contributed by atoms with E-state index in [1.165, 1.54) is 6.92 Å². The molecule has 0 unspecified atom stereocenters. The maximum absolute atomic E-state index is 14.9. The van der Waals surface area contributed by atoms with E-state index in [9.17, 15) is 40.6 Å². The topological polar surface area (TPSA) is 410 Å². The molecule has 4 heterocycles. The van der Waals surface area contributed by atoms with Gasteiger partial charge in [0.05, 0.1) is 55.9 Å². The molecule has 0 saturated carbocycles. The number of rotatable bonds is 38. The predicted molar refractivity (Wildman–Crippen MR) is 446 cm³/mol. The van der Waals surface area contributed by atoms with Gasteiger partial charge in [-0.05, 0) is 118 Å². The van der Waals surface area contributed by atoms with Crippen LogP contribution in [0.5, 0.6) is 0 Å². The number of carbonyl (C=O) groups is 5. The Kier molecular flexibility index (Phi) is 34.5. The molecule has 0 aromatic heterocycles. The molecule has 11 rings (SSSR count). The van der Waals surface area contributed by atoms with E-state index in [-0.39, 0.29) is 46.2 Å². The lowest BCUT2D eigenvalue weighted by Crippen LogP contribution is -2.69. The van der Waals surface area contributed by atoms with Crippen molar-refractivity contribution in [3.63, 3.8) is 0 Å². The Morgan fingerprint density at radius 1 is 0.315 bits per heavy atom. The number of ether oxygens (including phenoxy) is 18. The molecule has 660 valence electrons. The second kappa shape index (κ2) is 45.6. The van der Waals surface area contributed by atoms with E-state index in [4.69, 9.17) is 85.3 Å². The zero-order chi connectivity index (χ0) is 88.2. The maximum Gasteiger partial charge on any atom is 0.407 e. The van der Waals surface area contributed by atoms with Crippen molar-refractivity contribution in [3.8, 4) is 0 Å². The van der Waals surface area contributed by atoms with E-state index < -0.39 is 195 Å². The molecule has 4 aliphatic heterocycles. The molecule has 0 bridgehead atoms. The van der Waals surface area contributed by atoms with Gasteiger partial charge < -0.3 is 90.6 Å². The fraction of sp³-hybridized carbons (Fsp3) is 0.484. The monoisotopic (exact) mass is 1710 g/mol. The summed E-state index contributed by atoms with van der Waals surface area (Å²) in [6.07, 6.45) is -26.0. The van der Waals surface area contributed by atoms with Crippen LogP contribution in [0.3, 0.4) is 0 Å². The second-order valence-electron chi connectivity index (χ2n) is 33.2. The second-order valence-corrected chi connectivity index (χ2v) is 33.2. The average molecular weight is 1710 g/mol. The molecule has 1 amide bonds. The van der Waals surface area contributed by atoms with Gasteiger partial charge in [-0.15, -0.1) is 0 Å². The van der Waals surface area contributed by atoms with Crippen LogP contribution in [0.15, 0.2) is 228 Å². The minimum atomic E-state index is -1.93. The largest absolute Gasteiger partial charge is 0.463 e. The van der Waals surface area contributed by atoms with Crippen LogP contribution >= 0.6 is 0 Å². The zero-order valence-electron chi connectivity index (χ0n) is 70.9. The average Bonchev–Trinajstić information content (AvgIpc) is 0.772. The number of benzene rings is 7. The number of hydrogen-bond donors (Lipinski definition) is 1. The third-order valence-corrected chi connectivity index (χ3v) is 20.5. The first-order valence-corrected chi connectivity index (χ1v) is 41.0. The highest BCUT2D eigenvalue weighted by Crippen LogP contribution is 2.42. The summed E-state index contributed by atoms with van der Waals surface area (Å²) < 4.78 is 122. The number of alkyl carbamates (subject to hydrolysis) is 1. The highest BCUT2D eigenvalue weighted by Gasteiger charge is 2.59. The first kappa shape index (κ1) is 93.8. The third-order valence-electron chi connectivity index (χ3n) is 20.5. The molecule has 1 N–H and O–H groups in total. The Morgan fingerprint density at radius 3 is 0.871 bits per heavy atom.